The minimum atomic E-state index is -0.00438. The lowest BCUT2D eigenvalue weighted by Crippen LogP contribution is -2.39. The van der Waals surface area contributed by atoms with E-state index in [2.05, 4.69) is 10.6 Å². The van der Waals surface area contributed by atoms with Gasteiger partial charge in [-0.25, -0.2) is 4.79 Å². The van der Waals surface area contributed by atoms with Gasteiger partial charge in [0.1, 0.15) is 0 Å². The Balaban J connectivity index is 1.69. The van der Waals surface area contributed by atoms with Crippen molar-refractivity contribution in [2.24, 2.45) is 17.8 Å². The molecule has 2 aliphatic carbocycles. The molecule has 3 nitrogen and oxygen atoms in total. The molecule has 2 aliphatic rings. The highest BCUT2D eigenvalue weighted by Crippen LogP contribution is 2.47. The van der Waals surface area contributed by atoms with E-state index in [0.717, 1.165) is 24.3 Å². The molecular weight excluding hydrogens is 176 g/mol. The number of fused-ring (bicyclic) bond motifs is 2. The van der Waals surface area contributed by atoms with Gasteiger partial charge in [0.15, 0.2) is 0 Å². The topological polar surface area (TPSA) is 41.1 Å². The summed E-state index contributed by atoms with van der Waals surface area (Å²) in [5.74, 6) is 2.64. The number of urea groups is 1. The van der Waals surface area contributed by atoms with Gasteiger partial charge in [0.25, 0.3) is 0 Å². The molecule has 0 aliphatic heterocycles. The van der Waals surface area contributed by atoms with Gasteiger partial charge in [-0.15, -0.1) is 0 Å². The third-order valence-corrected chi connectivity index (χ3v) is 3.75. The van der Waals surface area contributed by atoms with Crippen LogP contribution in [0.15, 0.2) is 0 Å². The second-order valence-electron chi connectivity index (χ2n) is 4.68. The molecule has 0 heterocycles. The van der Waals surface area contributed by atoms with E-state index < -0.39 is 0 Å². The molecule has 0 aromatic heterocycles. The lowest BCUT2D eigenvalue weighted by Gasteiger charge is -2.21. The molecule has 0 aromatic carbocycles. The molecule has 0 aromatic rings. The first-order chi connectivity index (χ1) is 6.79. The van der Waals surface area contributed by atoms with Gasteiger partial charge in [0, 0.05) is 13.1 Å². The molecule has 2 saturated carbocycles. The van der Waals surface area contributed by atoms with E-state index in [1.54, 1.807) is 0 Å². The zero-order valence-corrected chi connectivity index (χ0v) is 8.88. The number of hydrogen-bond donors (Lipinski definition) is 2. The first-order valence-corrected chi connectivity index (χ1v) is 5.81. The maximum absolute atomic E-state index is 11.2. The van der Waals surface area contributed by atoms with E-state index in [-0.39, 0.29) is 6.03 Å². The van der Waals surface area contributed by atoms with Crippen LogP contribution in [0.1, 0.15) is 32.6 Å². The number of hydrogen-bond acceptors (Lipinski definition) is 1. The first-order valence-electron chi connectivity index (χ1n) is 5.81. The summed E-state index contributed by atoms with van der Waals surface area (Å²) < 4.78 is 0. The van der Waals surface area contributed by atoms with Crippen molar-refractivity contribution in [3.63, 3.8) is 0 Å². The number of rotatable bonds is 3. The Labute approximate surface area is 85.6 Å². The summed E-state index contributed by atoms with van der Waals surface area (Å²) >= 11 is 0. The minimum Gasteiger partial charge on any atom is -0.338 e. The summed E-state index contributed by atoms with van der Waals surface area (Å²) in [4.78, 5) is 11.2. The Morgan fingerprint density at radius 3 is 2.71 bits per heavy atom. The van der Waals surface area contributed by atoms with Gasteiger partial charge in [-0.2, -0.15) is 0 Å². The van der Waals surface area contributed by atoms with Gasteiger partial charge in [-0.3, -0.25) is 0 Å². The van der Waals surface area contributed by atoms with E-state index in [1.165, 1.54) is 25.7 Å². The molecule has 2 fully saturated rings. The van der Waals surface area contributed by atoms with Gasteiger partial charge in [0.2, 0.25) is 0 Å². The Kier molecular flexibility index (Phi) is 2.94. The number of carbonyl (C=O) groups excluding carboxylic acids is 1. The molecule has 2 bridgehead atoms. The molecule has 0 unspecified atom stereocenters. The van der Waals surface area contributed by atoms with Crippen LogP contribution in [0.25, 0.3) is 0 Å². The molecule has 2 amide bonds. The molecule has 14 heavy (non-hydrogen) atoms. The first kappa shape index (κ1) is 9.81. The highest BCUT2D eigenvalue weighted by Gasteiger charge is 2.39. The summed E-state index contributed by atoms with van der Waals surface area (Å²) in [7, 11) is 0. The number of carbonyl (C=O) groups is 1. The Bertz CT molecular complexity index is 217. The Morgan fingerprint density at radius 1 is 1.29 bits per heavy atom. The zero-order chi connectivity index (χ0) is 9.97. The molecule has 3 atom stereocenters. The summed E-state index contributed by atoms with van der Waals surface area (Å²) in [5.41, 5.74) is 0. The fourth-order valence-electron chi connectivity index (χ4n) is 3.07. The van der Waals surface area contributed by atoms with E-state index in [0.29, 0.717) is 6.54 Å². The van der Waals surface area contributed by atoms with Crippen LogP contribution in [0, 0.1) is 17.8 Å². The van der Waals surface area contributed by atoms with Crippen LogP contribution in [0.5, 0.6) is 0 Å². The van der Waals surface area contributed by atoms with Crippen molar-refractivity contribution in [1.82, 2.24) is 10.6 Å². The Hall–Kier alpha value is -0.730. The van der Waals surface area contributed by atoms with Gasteiger partial charge < -0.3 is 10.6 Å². The van der Waals surface area contributed by atoms with Crippen molar-refractivity contribution in [2.75, 3.05) is 13.1 Å². The molecular formula is C11H20N2O. The molecule has 2 rings (SSSR count). The average Bonchev–Trinajstić information content (AvgIpc) is 2.76. The molecule has 0 spiro atoms. The van der Waals surface area contributed by atoms with Crippen LogP contribution >= 0.6 is 0 Å². The summed E-state index contributed by atoms with van der Waals surface area (Å²) in [5, 5.41) is 5.72. The lowest BCUT2D eigenvalue weighted by molar-refractivity contribution is 0.235. The summed E-state index contributed by atoms with van der Waals surface area (Å²) in [6.07, 6.45) is 5.59. The normalized spacial score (nSPS) is 34.5. The number of amides is 2. The smallest absolute Gasteiger partial charge is 0.314 e. The van der Waals surface area contributed by atoms with E-state index in [9.17, 15) is 4.79 Å². The molecule has 0 radical (unpaired) electrons. The standard InChI is InChI=1S/C11H20N2O/c1-2-12-11(14)13-7-10-6-8-3-4-9(10)5-8/h8-10H,2-7H2,1H3,(H2,12,13,14)/t8-,9-,10-/m1/s1. The SMILES string of the molecule is CCNC(=O)NC[C@H]1C[C@@H]2CC[C@@H]1C2. The second kappa shape index (κ2) is 4.20. The fourth-order valence-corrected chi connectivity index (χ4v) is 3.07. The van der Waals surface area contributed by atoms with Crippen LogP contribution in [0.4, 0.5) is 4.79 Å². The van der Waals surface area contributed by atoms with E-state index >= 15 is 0 Å². The molecule has 2 N–H and O–H groups in total. The van der Waals surface area contributed by atoms with Gasteiger partial charge in [0.05, 0.1) is 0 Å². The fraction of sp³-hybridized carbons (Fsp3) is 0.909. The lowest BCUT2D eigenvalue weighted by atomic mass is 9.89. The van der Waals surface area contributed by atoms with Crippen molar-refractivity contribution in [1.29, 1.82) is 0 Å². The second-order valence-corrected chi connectivity index (χ2v) is 4.68. The highest BCUT2D eigenvalue weighted by atomic mass is 16.2. The average molecular weight is 196 g/mol. The van der Waals surface area contributed by atoms with E-state index in [1.807, 2.05) is 6.92 Å². The van der Waals surface area contributed by atoms with Crippen molar-refractivity contribution in [3.05, 3.63) is 0 Å². The summed E-state index contributed by atoms with van der Waals surface area (Å²) in [6.45, 7) is 3.53. The van der Waals surface area contributed by atoms with Crippen LogP contribution in [0.2, 0.25) is 0 Å². The van der Waals surface area contributed by atoms with Crippen molar-refractivity contribution < 1.29 is 4.79 Å². The van der Waals surface area contributed by atoms with Crippen LogP contribution in [-0.2, 0) is 0 Å². The van der Waals surface area contributed by atoms with Gasteiger partial charge in [-0.05, 0) is 43.9 Å². The van der Waals surface area contributed by atoms with E-state index in [4.69, 9.17) is 0 Å². The predicted octanol–water partition coefficient (Wildman–Crippen LogP) is 1.74. The Morgan fingerprint density at radius 2 is 2.14 bits per heavy atom. The van der Waals surface area contributed by atoms with Gasteiger partial charge in [-0.1, -0.05) is 6.42 Å². The highest BCUT2D eigenvalue weighted by molar-refractivity contribution is 5.73. The van der Waals surface area contributed by atoms with Crippen molar-refractivity contribution in [3.8, 4) is 0 Å². The number of nitrogens with one attached hydrogen (secondary N) is 2. The van der Waals surface area contributed by atoms with Crippen LogP contribution in [0.3, 0.4) is 0 Å². The van der Waals surface area contributed by atoms with Crippen molar-refractivity contribution >= 4 is 6.03 Å². The quantitative estimate of drug-likeness (QED) is 0.709. The maximum Gasteiger partial charge on any atom is 0.314 e. The minimum absolute atomic E-state index is 0.00438. The predicted molar refractivity (Wildman–Crippen MR) is 56.0 cm³/mol. The van der Waals surface area contributed by atoms with Crippen LogP contribution in [-0.4, -0.2) is 19.1 Å². The molecule has 80 valence electrons. The zero-order valence-electron chi connectivity index (χ0n) is 8.88. The maximum atomic E-state index is 11.2. The largest absolute Gasteiger partial charge is 0.338 e. The third kappa shape index (κ3) is 2.02. The van der Waals surface area contributed by atoms with Crippen molar-refractivity contribution in [2.45, 2.75) is 32.6 Å². The third-order valence-electron chi connectivity index (χ3n) is 3.75. The molecule has 0 saturated heterocycles. The van der Waals surface area contributed by atoms with Gasteiger partial charge >= 0.3 is 6.03 Å². The monoisotopic (exact) mass is 196 g/mol. The molecule has 3 heteroatoms. The van der Waals surface area contributed by atoms with Crippen LogP contribution < -0.4 is 10.6 Å². The summed E-state index contributed by atoms with van der Waals surface area (Å²) in [6, 6.07) is -0.00438.